The van der Waals surface area contributed by atoms with E-state index in [9.17, 15) is 0 Å². The van der Waals surface area contributed by atoms with Gasteiger partial charge in [-0.2, -0.15) is 0 Å². The molecular formula is C47H29N3O. The van der Waals surface area contributed by atoms with Gasteiger partial charge in [-0.05, 0) is 62.0 Å². The average molecular weight is 652 g/mol. The zero-order valence-electron chi connectivity index (χ0n) is 27.5. The molecule has 4 nitrogen and oxygen atoms in total. The van der Waals surface area contributed by atoms with Crippen LogP contribution < -0.4 is 0 Å². The van der Waals surface area contributed by atoms with Gasteiger partial charge in [-0.25, -0.2) is 15.0 Å². The molecule has 0 amide bonds. The van der Waals surface area contributed by atoms with Gasteiger partial charge < -0.3 is 4.42 Å². The van der Waals surface area contributed by atoms with Gasteiger partial charge in [0.05, 0.1) is 5.56 Å². The highest BCUT2D eigenvalue weighted by molar-refractivity contribution is 6.18. The molecule has 0 N–H and O–H groups in total. The predicted molar refractivity (Wildman–Crippen MR) is 209 cm³/mol. The molecule has 0 spiro atoms. The van der Waals surface area contributed by atoms with Crippen molar-refractivity contribution in [2.24, 2.45) is 0 Å². The molecule has 10 aromatic rings. The Kier molecular flexibility index (Phi) is 6.78. The van der Waals surface area contributed by atoms with Crippen LogP contribution in [0.5, 0.6) is 0 Å². The molecule has 0 saturated heterocycles. The molecule has 0 saturated carbocycles. The van der Waals surface area contributed by atoms with E-state index in [-0.39, 0.29) is 0 Å². The quantitative estimate of drug-likeness (QED) is 0.186. The molecule has 0 aliphatic carbocycles. The molecular weight excluding hydrogens is 623 g/mol. The molecule has 0 aliphatic rings. The Balaban J connectivity index is 1.20. The van der Waals surface area contributed by atoms with Crippen molar-refractivity contribution in [3.05, 3.63) is 176 Å². The molecule has 8 aromatic carbocycles. The Morgan fingerprint density at radius 3 is 1.55 bits per heavy atom. The van der Waals surface area contributed by atoms with Gasteiger partial charge in [0, 0.05) is 21.9 Å². The van der Waals surface area contributed by atoms with E-state index < -0.39 is 0 Å². The Bertz CT molecular complexity index is 2830. The lowest BCUT2D eigenvalue weighted by Crippen LogP contribution is -2.00. The molecule has 0 atom stereocenters. The van der Waals surface area contributed by atoms with Gasteiger partial charge in [0.2, 0.25) is 0 Å². The van der Waals surface area contributed by atoms with Crippen LogP contribution in [0, 0.1) is 0 Å². The Labute approximate surface area is 294 Å². The van der Waals surface area contributed by atoms with Crippen LogP contribution in [0.1, 0.15) is 0 Å². The lowest BCUT2D eigenvalue weighted by molar-refractivity contribution is 0.670. The van der Waals surface area contributed by atoms with Gasteiger partial charge in [0.1, 0.15) is 11.2 Å². The molecule has 0 aliphatic heterocycles. The standard InChI is InChI=1S/C47H29N3O/c1-3-13-33(14-4-1)45-48-46(34-15-5-2-6-16-34)50-47(49-45)40-27-26-39(43-41-28-35-17-7-8-18-36(35)29-42(41)51-44(40)43)32-24-22-31(23-25-32)38-21-11-19-30-12-9-10-20-37(30)38/h1-29H. The van der Waals surface area contributed by atoms with E-state index in [1.54, 1.807) is 0 Å². The minimum absolute atomic E-state index is 0.564. The first-order chi connectivity index (χ1) is 25.3. The number of hydrogen-bond donors (Lipinski definition) is 0. The molecule has 238 valence electrons. The maximum atomic E-state index is 6.84. The van der Waals surface area contributed by atoms with Crippen LogP contribution in [0.3, 0.4) is 0 Å². The molecule has 0 fully saturated rings. The molecule has 2 aromatic heterocycles. The second-order valence-electron chi connectivity index (χ2n) is 12.8. The molecule has 51 heavy (non-hydrogen) atoms. The van der Waals surface area contributed by atoms with Gasteiger partial charge in [0.25, 0.3) is 0 Å². The van der Waals surface area contributed by atoms with Crippen molar-refractivity contribution in [1.29, 1.82) is 0 Å². The SMILES string of the molecule is c1ccc(-c2nc(-c3ccccc3)nc(-c3ccc(-c4ccc(-c5cccc6ccccc56)cc4)c4c3oc3cc5ccccc5cc34)n2)cc1. The highest BCUT2D eigenvalue weighted by Crippen LogP contribution is 2.43. The number of benzene rings is 8. The first kappa shape index (κ1) is 29.0. The monoisotopic (exact) mass is 651 g/mol. The van der Waals surface area contributed by atoms with Crippen molar-refractivity contribution in [2.75, 3.05) is 0 Å². The number of aromatic nitrogens is 3. The van der Waals surface area contributed by atoms with Crippen LogP contribution >= 0.6 is 0 Å². The zero-order chi connectivity index (χ0) is 33.7. The summed E-state index contributed by atoms with van der Waals surface area (Å²) in [5.41, 5.74) is 8.84. The van der Waals surface area contributed by atoms with Gasteiger partial charge in [-0.1, -0.05) is 158 Å². The summed E-state index contributed by atoms with van der Waals surface area (Å²) in [6.07, 6.45) is 0. The van der Waals surface area contributed by atoms with Crippen LogP contribution in [0.25, 0.3) is 99.9 Å². The topological polar surface area (TPSA) is 51.8 Å². The summed E-state index contributed by atoms with van der Waals surface area (Å²) >= 11 is 0. The minimum Gasteiger partial charge on any atom is -0.455 e. The maximum Gasteiger partial charge on any atom is 0.167 e. The fraction of sp³-hybridized carbons (Fsp3) is 0. The van der Waals surface area contributed by atoms with Crippen LogP contribution in [-0.4, -0.2) is 15.0 Å². The van der Waals surface area contributed by atoms with E-state index in [0.29, 0.717) is 17.5 Å². The first-order valence-electron chi connectivity index (χ1n) is 17.1. The van der Waals surface area contributed by atoms with E-state index in [4.69, 9.17) is 19.4 Å². The van der Waals surface area contributed by atoms with Crippen LogP contribution in [-0.2, 0) is 0 Å². The minimum atomic E-state index is 0.564. The summed E-state index contributed by atoms with van der Waals surface area (Å²) in [5.74, 6) is 1.79. The van der Waals surface area contributed by atoms with Crippen molar-refractivity contribution in [2.45, 2.75) is 0 Å². The van der Waals surface area contributed by atoms with Crippen molar-refractivity contribution in [3.63, 3.8) is 0 Å². The lowest BCUT2D eigenvalue weighted by atomic mass is 9.93. The van der Waals surface area contributed by atoms with E-state index >= 15 is 0 Å². The summed E-state index contributed by atoms with van der Waals surface area (Å²) < 4.78 is 6.84. The van der Waals surface area contributed by atoms with E-state index in [1.165, 1.54) is 21.9 Å². The molecule has 0 unspecified atom stereocenters. The van der Waals surface area contributed by atoms with Gasteiger partial charge in [-0.3, -0.25) is 0 Å². The fourth-order valence-corrected chi connectivity index (χ4v) is 7.22. The van der Waals surface area contributed by atoms with E-state index in [1.807, 2.05) is 60.7 Å². The van der Waals surface area contributed by atoms with E-state index in [0.717, 1.165) is 60.5 Å². The van der Waals surface area contributed by atoms with Crippen molar-refractivity contribution in [1.82, 2.24) is 15.0 Å². The van der Waals surface area contributed by atoms with Gasteiger partial charge in [0.15, 0.2) is 17.5 Å². The smallest absolute Gasteiger partial charge is 0.167 e. The van der Waals surface area contributed by atoms with Crippen LogP contribution in [0.2, 0.25) is 0 Å². The summed E-state index contributed by atoms with van der Waals surface area (Å²) in [4.78, 5) is 15.1. The molecule has 0 bridgehead atoms. The normalized spacial score (nSPS) is 11.5. The zero-order valence-corrected chi connectivity index (χ0v) is 27.5. The van der Waals surface area contributed by atoms with E-state index in [2.05, 4.69) is 115 Å². The third-order valence-corrected chi connectivity index (χ3v) is 9.72. The Hall–Kier alpha value is -6.91. The third kappa shape index (κ3) is 5.04. The molecule has 4 heteroatoms. The highest BCUT2D eigenvalue weighted by atomic mass is 16.3. The second-order valence-corrected chi connectivity index (χ2v) is 12.8. The Morgan fingerprint density at radius 2 is 0.863 bits per heavy atom. The fourth-order valence-electron chi connectivity index (χ4n) is 7.22. The summed E-state index contributed by atoms with van der Waals surface area (Å²) in [5, 5.41) is 6.86. The summed E-state index contributed by atoms with van der Waals surface area (Å²) in [6, 6.07) is 61.1. The Morgan fingerprint density at radius 1 is 0.333 bits per heavy atom. The highest BCUT2D eigenvalue weighted by Gasteiger charge is 2.21. The van der Waals surface area contributed by atoms with Crippen molar-refractivity contribution >= 4 is 43.5 Å². The molecule has 10 rings (SSSR count). The number of nitrogens with zero attached hydrogens (tertiary/aromatic N) is 3. The van der Waals surface area contributed by atoms with Crippen molar-refractivity contribution < 1.29 is 4.42 Å². The largest absolute Gasteiger partial charge is 0.455 e. The predicted octanol–water partition coefficient (Wildman–Crippen LogP) is 12.4. The number of hydrogen-bond acceptors (Lipinski definition) is 4. The molecule has 2 heterocycles. The van der Waals surface area contributed by atoms with Gasteiger partial charge >= 0.3 is 0 Å². The lowest BCUT2D eigenvalue weighted by Gasteiger charge is -2.11. The second kappa shape index (κ2) is 11.9. The molecule has 0 radical (unpaired) electrons. The van der Waals surface area contributed by atoms with Crippen LogP contribution in [0.15, 0.2) is 180 Å². The van der Waals surface area contributed by atoms with Crippen molar-refractivity contribution in [3.8, 4) is 56.4 Å². The first-order valence-corrected chi connectivity index (χ1v) is 17.1. The average Bonchev–Trinajstić information content (AvgIpc) is 3.58. The van der Waals surface area contributed by atoms with Crippen LogP contribution in [0.4, 0.5) is 0 Å². The third-order valence-electron chi connectivity index (χ3n) is 9.72. The maximum absolute atomic E-state index is 6.84. The number of furan rings is 1. The summed E-state index contributed by atoms with van der Waals surface area (Å²) in [6.45, 7) is 0. The van der Waals surface area contributed by atoms with Gasteiger partial charge in [-0.15, -0.1) is 0 Å². The number of rotatable bonds is 5. The summed E-state index contributed by atoms with van der Waals surface area (Å²) in [7, 11) is 0. The number of fused-ring (bicyclic) bond motifs is 5.